The van der Waals surface area contributed by atoms with E-state index in [4.69, 9.17) is 11.0 Å². The molecule has 164 valence electrons. The molecule has 1 saturated heterocycles. The van der Waals surface area contributed by atoms with Gasteiger partial charge >= 0.3 is 0 Å². The Balaban J connectivity index is 1.24. The minimum absolute atomic E-state index is 0.218. The maximum atomic E-state index is 14.5. The molecule has 32 heavy (non-hydrogen) atoms. The van der Waals surface area contributed by atoms with Crippen LogP contribution in [0.15, 0.2) is 24.4 Å². The highest BCUT2D eigenvalue weighted by molar-refractivity contribution is 5.89. The normalized spacial score (nSPS) is 15.0. The molecule has 1 fully saturated rings. The minimum Gasteiger partial charge on any atom is -0.368 e. The second-order valence-corrected chi connectivity index (χ2v) is 7.92. The fourth-order valence-electron chi connectivity index (χ4n) is 4.18. The van der Waals surface area contributed by atoms with Crippen LogP contribution in [0.5, 0.6) is 0 Å². The molecule has 3 aromatic heterocycles. The van der Waals surface area contributed by atoms with Crippen molar-refractivity contribution in [3.63, 3.8) is 0 Å². The molecule has 2 N–H and O–H groups in total. The zero-order chi connectivity index (χ0) is 22.2. The Morgan fingerprint density at radius 3 is 2.69 bits per heavy atom. The molecule has 0 aliphatic carbocycles. The molecule has 1 aliphatic rings. The van der Waals surface area contributed by atoms with Gasteiger partial charge in [-0.05, 0) is 24.6 Å². The zero-order valence-corrected chi connectivity index (χ0v) is 17.7. The van der Waals surface area contributed by atoms with Crippen molar-refractivity contribution in [2.75, 3.05) is 43.4 Å². The summed E-state index contributed by atoms with van der Waals surface area (Å²) < 4.78 is 17.9. The average Bonchev–Trinajstić information content (AvgIpc) is 3.36. The highest BCUT2D eigenvalue weighted by Crippen LogP contribution is 2.23. The Hall–Kier alpha value is -3.78. The minimum atomic E-state index is -0.270. The van der Waals surface area contributed by atoms with Crippen molar-refractivity contribution < 1.29 is 4.39 Å². The fraction of sp³-hybridized carbons (Fsp3) is 0.381. The van der Waals surface area contributed by atoms with Gasteiger partial charge in [-0.25, -0.2) is 14.1 Å². The summed E-state index contributed by atoms with van der Waals surface area (Å²) in [5.41, 5.74) is 8.71. The van der Waals surface area contributed by atoms with Crippen LogP contribution >= 0.6 is 0 Å². The number of aryl methyl sites for hydroxylation is 1. The second kappa shape index (κ2) is 8.05. The number of rotatable bonds is 5. The molecule has 1 aromatic carbocycles. The van der Waals surface area contributed by atoms with E-state index in [0.717, 1.165) is 38.1 Å². The lowest BCUT2D eigenvalue weighted by molar-refractivity contribution is 0.245. The Morgan fingerprint density at radius 2 is 1.94 bits per heavy atom. The van der Waals surface area contributed by atoms with Crippen LogP contribution < -0.4 is 10.6 Å². The van der Waals surface area contributed by atoms with Crippen molar-refractivity contribution in [1.29, 1.82) is 5.26 Å². The van der Waals surface area contributed by atoms with Crippen LogP contribution in [0.1, 0.15) is 11.4 Å². The van der Waals surface area contributed by atoms with Gasteiger partial charge in [0.2, 0.25) is 5.95 Å². The molecule has 0 atom stereocenters. The molecule has 11 heteroatoms. The molecule has 4 heterocycles. The van der Waals surface area contributed by atoms with Crippen LogP contribution in [0.4, 0.5) is 16.0 Å². The molecule has 0 amide bonds. The molecule has 10 nitrogen and oxygen atoms in total. The van der Waals surface area contributed by atoms with E-state index in [1.54, 1.807) is 12.3 Å². The number of hydrogen-bond donors (Lipinski definition) is 1. The van der Waals surface area contributed by atoms with E-state index in [-0.39, 0.29) is 18.2 Å². The number of hydrogen-bond acceptors (Lipinski definition) is 8. The first-order chi connectivity index (χ1) is 15.5. The summed E-state index contributed by atoms with van der Waals surface area (Å²) >= 11 is 0. The zero-order valence-electron chi connectivity index (χ0n) is 17.7. The van der Waals surface area contributed by atoms with E-state index in [1.165, 1.54) is 10.6 Å². The van der Waals surface area contributed by atoms with E-state index >= 15 is 0 Å². The number of nitrogens with two attached hydrogens (primary N) is 1. The summed E-state index contributed by atoms with van der Waals surface area (Å²) in [6, 6.07) is 7.11. The van der Waals surface area contributed by atoms with Gasteiger partial charge in [0, 0.05) is 32.7 Å². The number of fused-ring (bicyclic) bond motifs is 3. The summed E-state index contributed by atoms with van der Waals surface area (Å²) in [7, 11) is 0. The monoisotopic (exact) mass is 434 g/mol. The lowest BCUT2D eigenvalue weighted by Gasteiger charge is -2.36. The van der Waals surface area contributed by atoms with Gasteiger partial charge in [-0.15, -0.1) is 5.10 Å². The summed E-state index contributed by atoms with van der Waals surface area (Å²) in [4.78, 5) is 13.3. The Morgan fingerprint density at radius 1 is 1.12 bits per heavy atom. The number of halogens is 1. The van der Waals surface area contributed by atoms with Crippen LogP contribution in [-0.4, -0.2) is 67.0 Å². The van der Waals surface area contributed by atoms with Crippen LogP contribution in [-0.2, 0) is 13.0 Å². The summed E-state index contributed by atoms with van der Waals surface area (Å²) in [5.74, 6) is 0.645. The third kappa shape index (κ3) is 3.58. The van der Waals surface area contributed by atoms with Crippen molar-refractivity contribution >= 4 is 28.3 Å². The van der Waals surface area contributed by atoms with Gasteiger partial charge in [-0.1, -0.05) is 6.07 Å². The topological polar surface area (TPSA) is 117 Å². The van der Waals surface area contributed by atoms with Crippen LogP contribution in [0.25, 0.3) is 16.7 Å². The number of benzene rings is 1. The smallest absolute Gasteiger partial charge is 0.225 e. The largest absolute Gasteiger partial charge is 0.368 e. The quantitative estimate of drug-likeness (QED) is 0.501. The predicted molar refractivity (Wildman–Crippen MR) is 118 cm³/mol. The SMILES string of the molecule is Cc1nc2c3cnn(CCN4CCN(c5ccc(CC#N)cc5F)CC4)c3nc(N)n2n1. The second-order valence-electron chi connectivity index (χ2n) is 7.92. The molecule has 1 aliphatic heterocycles. The van der Waals surface area contributed by atoms with Crippen molar-refractivity contribution in [1.82, 2.24) is 34.3 Å². The Bertz CT molecular complexity index is 1330. The van der Waals surface area contributed by atoms with Crippen LogP contribution in [0.3, 0.4) is 0 Å². The Kier molecular flexibility index (Phi) is 5.07. The first-order valence-electron chi connectivity index (χ1n) is 10.5. The number of nitriles is 1. The summed E-state index contributed by atoms with van der Waals surface area (Å²) in [5, 5.41) is 18.4. The number of piperazine rings is 1. The molecule has 0 radical (unpaired) electrons. The van der Waals surface area contributed by atoms with Crippen LogP contribution in [0.2, 0.25) is 0 Å². The van der Waals surface area contributed by atoms with E-state index < -0.39 is 0 Å². The maximum Gasteiger partial charge on any atom is 0.225 e. The first-order valence-corrected chi connectivity index (χ1v) is 10.5. The van der Waals surface area contributed by atoms with Gasteiger partial charge in [-0.3, -0.25) is 4.90 Å². The molecule has 0 unspecified atom stereocenters. The highest BCUT2D eigenvalue weighted by Gasteiger charge is 2.20. The molecular formula is C21H23FN10. The number of anilines is 2. The van der Waals surface area contributed by atoms with Gasteiger partial charge in [0.1, 0.15) is 11.6 Å². The van der Waals surface area contributed by atoms with E-state index in [9.17, 15) is 4.39 Å². The molecule has 0 saturated carbocycles. The molecule has 5 rings (SSSR count). The van der Waals surface area contributed by atoms with Gasteiger partial charge in [0.25, 0.3) is 0 Å². The predicted octanol–water partition coefficient (Wildman–Crippen LogP) is 1.39. The first kappa shape index (κ1) is 20.1. The van der Waals surface area contributed by atoms with E-state index in [2.05, 4.69) is 36.0 Å². The third-order valence-corrected chi connectivity index (χ3v) is 5.84. The average molecular weight is 434 g/mol. The summed E-state index contributed by atoms with van der Waals surface area (Å²) in [6.07, 6.45) is 1.97. The maximum absolute atomic E-state index is 14.5. The molecule has 0 spiro atoms. The van der Waals surface area contributed by atoms with E-state index in [1.807, 2.05) is 17.7 Å². The van der Waals surface area contributed by atoms with Crippen molar-refractivity contribution in [3.8, 4) is 6.07 Å². The lowest BCUT2D eigenvalue weighted by atomic mass is 10.1. The van der Waals surface area contributed by atoms with Gasteiger partial charge in [0.05, 0.1) is 36.3 Å². The van der Waals surface area contributed by atoms with Crippen molar-refractivity contribution in [3.05, 3.63) is 41.6 Å². The van der Waals surface area contributed by atoms with Crippen molar-refractivity contribution in [2.24, 2.45) is 0 Å². The van der Waals surface area contributed by atoms with Crippen molar-refractivity contribution in [2.45, 2.75) is 19.9 Å². The van der Waals surface area contributed by atoms with Gasteiger partial charge in [-0.2, -0.15) is 19.9 Å². The Labute approximate surface area is 183 Å². The van der Waals surface area contributed by atoms with E-state index in [0.29, 0.717) is 34.9 Å². The number of nitrogens with zero attached hydrogens (tertiary/aromatic N) is 9. The molecule has 0 bridgehead atoms. The molecular weight excluding hydrogens is 411 g/mol. The number of aromatic nitrogens is 6. The standard InChI is InChI=1S/C21H23FN10/c1-14-26-20-16-13-25-31(19(16)27-21(24)32(20)28-14)11-8-29-6-9-30(10-7-29)18-3-2-15(4-5-23)12-17(18)22/h2-3,12-13H,4,6-11H2,1H3,(H2,24,27). The van der Waals surface area contributed by atoms with Gasteiger partial charge in [0.15, 0.2) is 11.3 Å². The highest BCUT2D eigenvalue weighted by atomic mass is 19.1. The molecule has 4 aromatic rings. The third-order valence-electron chi connectivity index (χ3n) is 5.84. The fourth-order valence-corrected chi connectivity index (χ4v) is 4.18. The van der Waals surface area contributed by atoms with Gasteiger partial charge < -0.3 is 10.6 Å². The summed E-state index contributed by atoms with van der Waals surface area (Å²) in [6.45, 7) is 6.39. The van der Waals surface area contributed by atoms with Crippen LogP contribution in [0, 0.1) is 24.1 Å². The lowest BCUT2D eigenvalue weighted by Crippen LogP contribution is -2.47. The number of nitrogen functional groups attached to an aromatic ring is 1.